The van der Waals surface area contributed by atoms with Crippen LogP contribution in [-0.2, 0) is 27.3 Å². The van der Waals surface area contributed by atoms with E-state index in [4.69, 9.17) is 23.7 Å². The van der Waals surface area contributed by atoms with Crippen molar-refractivity contribution in [1.29, 1.82) is 0 Å². The molecule has 2 heterocycles. The summed E-state index contributed by atoms with van der Waals surface area (Å²) in [6.07, 6.45) is 2.22. The minimum atomic E-state index is -0.658. The molecule has 1 N–H and O–H groups in total. The Morgan fingerprint density at radius 3 is 2.40 bits per heavy atom. The maximum Gasteiger partial charge on any atom is 0.408 e. The zero-order valence-corrected chi connectivity index (χ0v) is 27.0. The number of cyclic esters (lactones) is 1. The number of alkyl carbamates (subject to hydrolysis) is 1. The highest BCUT2D eigenvalue weighted by atomic mass is 16.6. The summed E-state index contributed by atoms with van der Waals surface area (Å²) >= 11 is 0. The van der Waals surface area contributed by atoms with Crippen LogP contribution in [0, 0.1) is 28.9 Å². The molecule has 1 aliphatic rings. The van der Waals surface area contributed by atoms with Crippen LogP contribution in [0.4, 0.5) is 4.79 Å². The monoisotopic (exact) mass is 600 g/mol. The molecule has 0 radical (unpaired) electrons. The Morgan fingerprint density at radius 1 is 1.09 bits per heavy atom. The first kappa shape index (κ1) is 33.8. The van der Waals surface area contributed by atoms with Crippen LogP contribution in [-0.4, -0.2) is 44.0 Å². The number of aromatic nitrogens is 1. The van der Waals surface area contributed by atoms with Gasteiger partial charge in [0.15, 0.2) is 24.3 Å². The minimum Gasteiger partial charge on any atom is -0.618 e. The molecule has 1 amide bonds. The Kier molecular flexibility index (Phi) is 11.5. The van der Waals surface area contributed by atoms with E-state index in [9.17, 15) is 14.8 Å². The first-order valence-corrected chi connectivity index (χ1v) is 15.0. The van der Waals surface area contributed by atoms with Crippen molar-refractivity contribution < 1.29 is 38.0 Å². The quantitative estimate of drug-likeness (QED) is 0.179. The van der Waals surface area contributed by atoms with Gasteiger partial charge in [0.05, 0.1) is 32.2 Å². The third-order valence-electron chi connectivity index (χ3n) is 7.81. The average molecular weight is 601 g/mol. The lowest BCUT2D eigenvalue weighted by Gasteiger charge is -2.31. The summed E-state index contributed by atoms with van der Waals surface area (Å²) in [4.78, 5) is 25.5. The van der Waals surface area contributed by atoms with E-state index in [-0.39, 0.29) is 36.2 Å². The van der Waals surface area contributed by atoms with Crippen LogP contribution in [0.2, 0.25) is 0 Å². The number of carbonyl (C=O) groups excluding carboxylic acids is 2. The number of nitrogens with one attached hydrogen (secondary N) is 1. The van der Waals surface area contributed by atoms with E-state index in [0.29, 0.717) is 42.2 Å². The summed E-state index contributed by atoms with van der Waals surface area (Å²) in [5, 5.41) is 15.3. The van der Waals surface area contributed by atoms with Gasteiger partial charge in [-0.1, -0.05) is 33.8 Å². The van der Waals surface area contributed by atoms with Gasteiger partial charge < -0.3 is 34.2 Å². The molecule has 238 valence electrons. The molecular formula is C33H48N2O8. The molecule has 10 heteroatoms. The lowest BCUT2D eigenvalue weighted by molar-refractivity contribution is -0.616. The maximum absolute atomic E-state index is 12.9. The van der Waals surface area contributed by atoms with Crippen molar-refractivity contribution in [2.75, 3.05) is 14.2 Å². The predicted octanol–water partition coefficient (Wildman–Crippen LogP) is 5.60. The fraction of sp³-hybridized carbons (Fsp3) is 0.606. The first-order valence-electron chi connectivity index (χ1n) is 15.0. The van der Waals surface area contributed by atoms with Gasteiger partial charge in [-0.2, -0.15) is 4.73 Å². The summed E-state index contributed by atoms with van der Waals surface area (Å²) in [7, 11) is 3.11. The molecule has 0 aliphatic carbocycles. The van der Waals surface area contributed by atoms with Crippen molar-refractivity contribution in [3.05, 3.63) is 53.0 Å². The molecule has 2 aromatic rings. The molecule has 1 saturated heterocycles. The van der Waals surface area contributed by atoms with Crippen LogP contribution in [0.5, 0.6) is 17.2 Å². The Morgan fingerprint density at radius 2 is 1.81 bits per heavy atom. The number of carbonyl (C=O) groups is 2. The summed E-state index contributed by atoms with van der Waals surface area (Å²) in [6, 6.07) is 8.57. The first-order chi connectivity index (χ1) is 20.2. The molecule has 10 nitrogen and oxygen atoms in total. The summed E-state index contributed by atoms with van der Waals surface area (Å²) in [5.74, 6) is 1.72. The third kappa shape index (κ3) is 9.66. The fourth-order valence-electron chi connectivity index (χ4n) is 5.26. The van der Waals surface area contributed by atoms with Crippen LogP contribution in [0.1, 0.15) is 72.6 Å². The van der Waals surface area contributed by atoms with E-state index in [1.807, 2.05) is 52.8 Å². The summed E-state index contributed by atoms with van der Waals surface area (Å²) in [6.45, 7) is 13.8. The highest BCUT2D eigenvalue weighted by Gasteiger charge is 2.42. The van der Waals surface area contributed by atoms with Gasteiger partial charge >= 0.3 is 12.1 Å². The van der Waals surface area contributed by atoms with Crippen molar-refractivity contribution in [2.24, 2.45) is 23.7 Å². The second kappa shape index (κ2) is 14.7. The van der Waals surface area contributed by atoms with Crippen molar-refractivity contribution in [3.63, 3.8) is 0 Å². The maximum atomic E-state index is 12.9. The van der Waals surface area contributed by atoms with E-state index in [1.165, 1.54) is 6.20 Å². The molecule has 0 saturated carbocycles. The molecule has 1 fully saturated rings. The van der Waals surface area contributed by atoms with Crippen molar-refractivity contribution in [3.8, 4) is 17.2 Å². The van der Waals surface area contributed by atoms with Crippen molar-refractivity contribution in [1.82, 2.24) is 5.32 Å². The molecule has 0 unspecified atom stereocenters. The molecule has 1 aromatic heterocycles. The Balaban J connectivity index is 1.81. The second-order valence-electron chi connectivity index (χ2n) is 12.9. The van der Waals surface area contributed by atoms with Crippen molar-refractivity contribution >= 4 is 12.1 Å². The van der Waals surface area contributed by atoms with Crippen molar-refractivity contribution in [2.45, 2.75) is 92.1 Å². The fourth-order valence-corrected chi connectivity index (χ4v) is 5.26. The Hall–Kier alpha value is -3.69. The third-order valence-corrected chi connectivity index (χ3v) is 7.81. The largest absolute Gasteiger partial charge is 0.618 e. The molecule has 1 aromatic carbocycles. The lowest BCUT2D eigenvalue weighted by atomic mass is 9.81. The predicted molar refractivity (Wildman–Crippen MR) is 162 cm³/mol. The zero-order valence-electron chi connectivity index (χ0n) is 27.0. The average Bonchev–Trinajstić information content (AvgIpc) is 3.32. The number of pyridine rings is 1. The van der Waals surface area contributed by atoms with Gasteiger partial charge in [-0.25, -0.2) is 4.79 Å². The van der Waals surface area contributed by atoms with E-state index in [0.717, 1.165) is 10.3 Å². The number of ether oxygens (including phenoxy) is 5. The smallest absolute Gasteiger partial charge is 0.408 e. The Bertz CT molecular complexity index is 1240. The van der Waals surface area contributed by atoms with Gasteiger partial charge in [0, 0.05) is 6.07 Å². The molecule has 0 bridgehead atoms. The molecule has 0 spiro atoms. The van der Waals surface area contributed by atoms with Gasteiger partial charge in [-0.15, -0.1) is 0 Å². The van der Waals surface area contributed by atoms with Crippen LogP contribution in [0.15, 0.2) is 36.5 Å². The number of methoxy groups -OCH3 is 2. The number of hydrogen-bond donors (Lipinski definition) is 1. The minimum absolute atomic E-state index is 0.0278. The molecule has 1 aliphatic heterocycles. The number of amides is 1. The summed E-state index contributed by atoms with van der Waals surface area (Å²) in [5.41, 5.74) is 0.748. The number of hydrogen-bond acceptors (Lipinski definition) is 8. The van der Waals surface area contributed by atoms with E-state index < -0.39 is 23.8 Å². The number of esters is 1. The number of benzene rings is 1. The molecular weight excluding hydrogens is 552 g/mol. The van der Waals surface area contributed by atoms with Crippen LogP contribution >= 0.6 is 0 Å². The van der Waals surface area contributed by atoms with Crippen LogP contribution in [0.3, 0.4) is 0 Å². The van der Waals surface area contributed by atoms with Gasteiger partial charge in [0.25, 0.3) is 0 Å². The summed E-state index contributed by atoms with van der Waals surface area (Å²) < 4.78 is 28.9. The SMILES string of the molecule is COc1cc[n+]([O-])c(COc2cc(C[C@@H](C[C@H](NC(=O)OC(C)(C)C)[C@@H]3C[C@H](C(C)C)C(=O)O3)C(C)C)ccc2OC)c1. The second-order valence-corrected chi connectivity index (χ2v) is 12.9. The number of rotatable bonds is 13. The zero-order chi connectivity index (χ0) is 31.9. The Labute approximate surface area is 255 Å². The van der Waals surface area contributed by atoms with Gasteiger partial charge in [0.2, 0.25) is 5.69 Å². The van der Waals surface area contributed by atoms with Gasteiger partial charge in [0.1, 0.15) is 17.5 Å². The lowest BCUT2D eigenvalue weighted by Crippen LogP contribution is -2.47. The van der Waals surface area contributed by atoms with Crippen LogP contribution in [0.25, 0.3) is 0 Å². The topological polar surface area (TPSA) is 119 Å². The van der Waals surface area contributed by atoms with E-state index >= 15 is 0 Å². The van der Waals surface area contributed by atoms with Gasteiger partial charge in [-0.05, 0) is 75.5 Å². The highest BCUT2D eigenvalue weighted by molar-refractivity contribution is 5.75. The molecule has 4 atom stereocenters. The standard InChI is InChI=1S/C33H48N2O8/c1-20(2)23(16-27(34-32(37)43-33(5,6)7)29-18-26(21(3)4)31(36)42-29)14-22-10-11-28(40-9)30(15-22)41-19-24-17-25(39-8)12-13-35(24)38/h10-13,15,17,20-21,23,26-27,29H,14,16,18-19H2,1-9H3,(H,34,37)/t23-,26+,27-,29-/m0/s1. The normalized spacial score (nSPS) is 18.3. The number of nitrogens with zero attached hydrogens (tertiary/aromatic N) is 1. The van der Waals surface area contributed by atoms with E-state index in [2.05, 4.69) is 19.2 Å². The van der Waals surface area contributed by atoms with E-state index in [1.54, 1.807) is 26.4 Å². The molecule has 3 rings (SSSR count). The van der Waals surface area contributed by atoms with Crippen LogP contribution < -0.4 is 24.3 Å². The highest BCUT2D eigenvalue weighted by Crippen LogP contribution is 2.35. The van der Waals surface area contributed by atoms with Gasteiger partial charge in [-0.3, -0.25) is 4.79 Å². The molecule has 43 heavy (non-hydrogen) atoms.